The highest BCUT2D eigenvalue weighted by Crippen LogP contribution is 2.25. The molecule has 14 heavy (non-hydrogen) atoms. The molecule has 0 radical (unpaired) electrons. The van der Waals surface area contributed by atoms with Gasteiger partial charge < -0.3 is 4.90 Å². The molecule has 0 N–H and O–H groups in total. The van der Waals surface area contributed by atoms with E-state index in [1.54, 1.807) is 11.9 Å². The van der Waals surface area contributed by atoms with Crippen molar-refractivity contribution < 1.29 is 4.79 Å². The topological polar surface area (TPSA) is 20.3 Å². The second-order valence-electron chi connectivity index (χ2n) is 2.66. The minimum absolute atomic E-state index is 0.0400. The summed E-state index contributed by atoms with van der Waals surface area (Å²) < 4.78 is 0. The molecule has 0 spiro atoms. The number of hydrogen-bond donors (Lipinski definition) is 0. The lowest BCUT2D eigenvalue weighted by atomic mass is 10.1. The summed E-state index contributed by atoms with van der Waals surface area (Å²) in [4.78, 5) is 12.9. The van der Waals surface area contributed by atoms with Gasteiger partial charge in [0.25, 0.3) is 5.91 Å². The maximum Gasteiger partial charge on any atom is 0.254 e. The third-order valence-corrected chi connectivity index (χ3v) is 2.06. The van der Waals surface area contributed by atoms with Crippen molar-refractivity contribution in [2.45, 2.75) is 13.8 Å². The third-order valence-electron chi connectivity index (χ3n) is 1.83. The number of halogens is 1. The van der Waals surface area contributed by atoms with Gasteiger partial charge in [0.2, 0.25) is 0 Å². The quantitative estimate of drug-likeness (QED) is 0.691. The van der Waals surface area contributed by atoms with Crippen LogP contribution in [0.25, 0.3) is 0 Å². The molecule has 0 unspecified atom stereocenters. The zero-order valence-electron chi connectivity index (χ0n) is 8.93. The van der Waals surface area contributed by atoms with Gasteiger partial charge in [0.05, 0.1) is 0 Å². The van der Waals surface area contributed by atoms with Crippen LogP contribution >= 0.6 is 11.6 Å². The van der Waals surface area contributed by atoms with Gasteiger partial charge >= 0.3 is 0 Å². The molecule has 3 heteroatoms. The summed E-state index contributed by atoms with van der Waals surface area (Å²) in [7, 11) is 1.72. The summed E-state index contributed by atoms with van der Waals surface area (Å²) in [5.74, 6) is -0.0400. The van der Waals surface area contributed by atoms with Crippen molar-refractivity contribution in [2.75, 3.05) is 13.6 Å². The summed E-state index contributed by atoms with van der Waals surface area (Å²) in [5, 5.41) is 0.419. The van der Waals surface area contributed by atoms with Gasteiger partial charge in [-0.3, -0.25) is 4.79 Å². The highest BCUT2D eigenvalue weighted by molar-refractivity contribution is 6.32. The first-order valence-electron chi connectivity index (χ1n) is 4.53. The average Bonchev–Trinajstić information content (AvgIpc) is 2.47. The van der Waals surface area contributed by atoms with Crippen LogP contribution in [0, 0.1) is 0 Å². The second-order valence-corrected chi connectivity index (χ2v) is 3.12. The molecule has 0 bridgehead atoms. The molecular weight excluding hydrogens is 198 g/mol. The average molecular weight is 214 g/mol. The van der Waals surface area contributed by atoms with Crippen molar-refractivity contribution in [2.24, 2.45) is 0 Å². The van der Waals surface area contributed by atoms with Crippen molar-refractivity contribution >= 4 is 17.5 Å². The number of amides is 1. The summed E-state index contributed by atoms with van der Waals surface area (Å²) in [6.45, 7) is 11.7. The molecule has 0 saturated heterocycles. The Morgan fingerprint density at radius 1 is 1.57 bits per heavy atom. The van der Waals surface area contributed by atoms with Gasteiger partial charge in [-0.05, 0) is 0 Å². The molecule has 0 aliphatic carbocycles. The monoisotopic (exact) mass is 213 g/mol. The largest absolute Gasteiger partial charge is 0.337 e. The van der Waals surface area contributed by atoms with Gasteiger partial charge in [-0.15, -0.1) is 0 Å². The first kappa shape index (κ1) is 13.0. The normalized spacial score (nSPS) is 15.1. The number of nitrogens with zero attached hydrogens (tertiary/aromatic N) is 1. The van der Waals surface area contributed by atoms with Gasteiger partial charge in [0, 0.05) is 29.8 Å². The van der Waals surface area contributed by atoms with E-state index in [0.717, 1.165) is 5.57 Å². The maximum absolute atomic E-state index is 11.3. The molecule has 0 aromatic heterocycles. The molecule has 1 heterocycles. The third kappa shape index (κ3) is 2.48. The molecule has 0 saturated carbocycles. The fraction of sp³-hybridized carbons (Fsp3) is 0.364. The summed E-state index contributed by atoms with van der Waals surface area (Å²) >= 11 is 5.71. The molecule has 1 amide bonds. The van der Waals surface area contributed by atoms with Gasteiger partial charge in [-0.2, -0.15) is 0 Å². The van der Waals surface area contributed by atoms with Crippen LogP contribution in [0.15, 0.2) is 35.4 Å². The highest BCUT2D eigenvalue weighted by atomic mass is 35.5. The molecule has 1 rings (SSSR count). The smallest absolute Gasteiger partial charge is 0.254 e. The SMILES string of the molecule is C=CC1=C(C(=C)Cl)CN(C)C1=O.CC. The fourth-order valence-electron chi connectivity index (χ4n) is 1.17. The first-order chi connectivity index (χ1) is 6.57. The zero-order valence-corrected chi connectivity index (χ0v) is 9.69. The lowest BCUT2D eigenvalue weighted by Crippen LogP contribution is -2.21. The van der Waals surface area contributed by atoms with E-state index in [4.69, 9.17) is 11.6 Å². The summed E-state index contributed by atoms with van der Waals surface area (Å²) in [5.41, 5.74) is 1.34. The number of hydrogen-bond acceptors (Lipinski definition) is 1. The van der Waals surface area contributed by atoms with Crippen LogP contribution in [0.4, 0.5) is 0 Å². The van der Waals surface area contributed by atoms with Gasteiger partial charge in [0.1, 0.15) is 0 Å². The van der Waals surface area contributed by atoms with Crippen LogP contribution in [0.2, 0.25) is 0 Å². The Hall–Kier alpha value is -1.02. The van der Waals surface area contributed by atoms with Gasteiger partial charge in [-0.1, -0.05) is 44.7 Å². The lowest BCUT2D eigenvalue weighted by Gasteiger charge is -2.06. The van der Waals surface area contributed by atoms with E-state index in [2.05, 4.69) is 13.2 Å². The van der Waals surface area contributed by atoms with Crippen molar-refractivity contribution in [3.05, 3.63) is 35.4 Å². The van der Waals surface area contributed by atoms with E-state index >= 15 is 0 Å². The molecule has 78 valence electrons. The van der Waals surface area contributed by atoms with Crippen molar-refractivity contribution in [3.63, 3.8) is 0 Å². The Kier molecular flexibility index (Phi) is 5.24. The van der Waals surface area contributed by atoms with E-state index in [0.29, 0.717) is 17.2 Å². The Bertz CT molecular complexity index is 292. The Morgan fingerprint density at radius 2 is 2.07 bits per heavy atom. The molecular formula is C11H16ClNO. The molecule has 0 atom stereocenters. The number of carbonyl (C=O) groups is 1. The summed E-state index contributed by atoms with van der Waals surface area (Å²) in [6, 6.07) is 0. The molecule has 0 fully saturated rings. The fourth-order valence-corrected chi connectivity index (χ4v) is 1.33. The van der Waals surface area contributed by atoms with E-state index in [1.807, 2.05) is 13.8 Å². The van der Waals surface area contributed by atoms with Crippen LogP contribution in [-0.2, 0) is 4.79 Å². The lowest BCUT2D eigenvalue weighted by molar-refractivity contribution is -0.124. The Morgan fingerprint density at radius 3 is 2.36 bits per heavy atom. The van der Waals surface area contributed by atoms with Gasteiger partial charge in [-0.25, -0.2) is 0 Å². The summed E-state index contributed by atoms with van der Waals surface area (Å²) in [6.07, 6.45) is 1.52. The van der Waals surface area contributed by atoms with Crippen molar-refractivity contribution in [1.82, 2.24) is 4.90 Å². The standard InChI is InChI=1S/C9H10ClNO.C2H6/c1-4-7-8(6(2)10)5-11(3)9(7)12;1-2/h4H,1-2,5H2,3H3;1-2H3. The Balaban J connectivity index is 0.000000791. The molecule has 2 nitrogen and oxygen atoms in total. The molecule has 1 aliphatic rings. The number of carbonyl (C=O) groups excluding carboxylic acids is 1. The molecule has 0 aromatic rings. The predicted octanol–water partition coefficient (Wildman–Crippen LogP) is 2.72. The van der Waals surface area contributed by atoms with Crippen LogP contribution < -0.4 is 0 Å². The predicted molar refractivity (Wildman–Crippen MR) is 61.2 cm³/mol. The first-order valence-corrected chi connectivity index (χ1v) is 4.91. The van der Waals surface area contributed by atoms with Crippen LogP contribution in [0.1, 0.15) is 13.8 Å². The zero-order chi connectivity index (χ0) is 11.3. The highest BCUT2D eigenvalue weighted by Gasteiger charge is 2.25. The van der Waals surface area contributed by atoms with E-state index in [9.17, 15) is 4.79 Å². The Labute approximate surface area is 90.5 Å². The van der Waals surface area contributed by atoms with Crippen molar-refractivity contribution in [3.8, 4) is 0 Å². The molecule has 1 aliphatic heterocycles. The van der Waals surface area contributed by atoms with Crippen LogP contribution in [-0.4, -0.2) is 24.4 Å². The van der Waals surface area contributed by atoms with E-state index in [1.165, 1.54) is 6.08 Å². The van der Waals surface area contributed by atoms with Crippen molar-refractivity contribution in [1.29, 1.82) is 0 Å². The van der Waals surface area contributed by atoms with Crippen LogP contribution in [0.5, 0.6) is 0 Å². The van der Waals surface area contributed by atoms with Gasteiger partial charge in [0.15, 0.2) is 0 Å². The van der Waals surface area contributed by atoms with Crippen LogP contribution in [0.3, 0.4) is 0 Å². The minimum Gasteiger partial charge on any atom is -0.337 e. The van der Waals surface area contributed by atoms with E-state index in [-0.39, 0.29) is 5.91 Å². The number of rotatable bonds is 2. The second kappa shape index (κ2) is 5.66. The maximum atomic E-state index is 11.3. The van der Waals surface area contributed by atoms with E-state index < -0.39 is 0 Å². The minimum atomic E-state index is -0.0400. The molecule has 0 aromatic carbocycles. The number of likely N-dealkylation sites (N-methyl/N-ethyl adjacent to an activating group) is 1.